The molecule has 0 saturated carbocycles. The molecule has 182 valence electrons. The number of hydrogen-bond acceptors (Lipinski definition) is 4. The van der Waals surface area contributed by atoms with Crippen molar-refractivity contribution in [1.29, 1.82) is 0 Å². The number of carbonyl (C=O) groups excluding carboxylic acids is 3. The number of benzene rings is 2. The average molecular weight is 473 g/mol. The lowest BCUT2D eigenvalue weighted by Gasteiger charge is -2.45. The molecule has 0 radical (unpaired) electrons. The van der Waals surface area contributed by atoms with Gasteiger partial charge in [0, 0.05) is 38.3 Å². The van der Waals surface area contributed by atoms with Crippen LogP contribution in [0.1, 0.15) is 53.6 Å². The molecule has 2 fully saturated rings. The molecule has 0 aliphatic carbocycles. The number of likely N-dealkylation sites (tertiary alicyclic amines) is 1. The molecule has 2 aromatic rings. The lowest BCUT2D eigenvalue weighted by Crippen LogP contribution is -2.57. The molecule has 3 amide bonds. The molecular weight excluding hydrogens is 440 g/mol. The highest BCUT2D eigenvalue weighted by molar-refractivity contribution is 6.10. The van der Waals surface area contributed by atoms with Gasteiger partial charge < -0.3 is 14.7 Å². The van der Waals surface area contributed by atoms with Crippen molar-refractivity contribution in [3.8, 4) is 0 Å². The number of nitrogens with zero attached hydrogens (tertiary/aromatic N) is 4. The van der Waals surface area contributed by atoms with Gasteiger partial charge in [0.2, 0.25) is 11.8 Å². The van der Waals surface area contributed by atoms with E-state index in [1.54, 1.807) is 4.90 Å². The Labute approximate surface area is 206 Å². The molecule has 4 aliphatic rings. The van der Waals surface area contributed by atoms with Crippen LogP contribution in [0.5, 0.6) is 0 Å². The van der Waals surface area contributed by atoms with Crippen molar-refractivity contribution in [3.05, 3.63) is 59.2 Å². The molecule has 0 bridgehead atoms. The Morgan fingerprint density at radius 1 is 0.829 bits per heavy atom. The third-order valence-electron chi connectivity index (χ3n) is 8.05. The molecule has 6 rings (SSSR count). The summed E-state index contributed by atoms with van der Waals surface area (Å²) >= 11 is 0. The maximum Gasteiger partial charge on any atom is 0.253 e. The molecule has 0 N–H and O–H groups in total. The van der Waals surface area contributed by atoms with Crippen molar-refractivity contribution in [1.82, 2.24) is 9.80 Å². The largest absolute Gasteiger partial charge is 0.358 e. The fourth-order valence-corrected chi connectivity index (χ4v) is 6.10. The van der Waals surface area contributed by atoms with E-state index in [0.29, 0.717) is 24.3 Å². The fourth-order valence-electron chi connectivity index (χ4n) is 6.10. The van der Waals surface area contributed by atoms with Gasteiger partial charge in [-0.2, -0.15) is 0 Å². The van der Waals surface area contributed by atoms with Gasteiger partial charge in [0.25, 0.3) is 5.91 Å². The first kappa shape index (κ1) is 22.1. The van der Waals surface area contributed by atoms with E-state index in [1.807, 2.05) is 40.1 Å². The van der Waals surface area contributed by atoms with Crippen LogP contribution in [-0.4, -0.2) is 66.3 Å². The molecule has 4 heterocycles. The molecule has 7 heteroatoms. The van der Waals surface area contributed by atoms with Gasteiger partial charge in [-0.25, -0.2) is 0 Å². The van der Waals surface area contributed by atoms with Crippen LogP contribution in [0, 0.1) is 0 Å². The van der Waals surface area contributed by atoms with Gasteiger partial charge in [0.1, 0.15) is 12.6 Å². The second kappa shape index (κ2) is 9.02. The van der Waals surface area contributed by atoms with Crippen LogP contribution in [0.2, 0.25) is 0 Å². The first-order valence-corrected chi connectivity index (χ1v) is 13.0. The van der Waals surface area contributed by atoms with Crippen molar-refractivity contribution >= 4 is 29.1 Å². The summed E-state index contributed by atoms with van der Waals surface area (Å²) in [5, 5.41) is 0. The van der Waals surface area contributed by atoms with E-state index in [2.05, 4.69) is 17.0 Å². The number of rotatable bonds is 3. The van der Waals surface area contributed by atoms with Gasteiger partial charge in [-0.15, -0.1) is 0 Å². The minimum absolute atomic E-state index is 0.0115. The topological polar surface area (TPSA) is 64.2 Å². The molecule has 0 aromatic heterocycles. The van der Waals surface area contributed by atoms with E-state index in [0.717, 1.165) is 63.8 Å². The Hall–Kier alpha value is -3.35. The molecule has 0 spiro atoms. The molecule has 7 nitrogen and oxygen atoms in total. The summed E-state index contributed by atoms with van der Waals surface area (Å²) in [5.74, 6) is -0.0505. The summed E-state index contributed by atoms with van der Waals surface area (Å²) in [6.45, 7) is 3.64. The summed E-state index contributed by atoms with van der Waals surface area (Å²) in [7, 11) is 0. The zero-order chi connectivity index (χ0) is 23.9. The van der Waals surface area contributed by atoms with Gasteiger partial charge in [-0.3, -0.25) is 19.3 Å². The average Bonchev–Trinajstić information content (AvgIpc) is 3.45. The summed E-state index contributed by atoms with van der Waals surface area (Å²) in [4.78, 5) is 47.9. The minimum atomic E-state index is -0.230. The van der Waals surface area contributed by atoms with Crippen molar-refractivity contribution < 1.29 is 14.4 Å². The van der Waals surface area contributed by atoms with E-state index >= 15 is 0 Å². The quantitative estimate of drug-likeness (QED) is 0.688. The molecule has 2 aromatic carbocycles. The van der Waals surface area contributed by atoms with Crippen LogP contribution in [0.3, 0.4) is 0 Å². The van der Waals surface area contributed by atoms with Gasteiger partial charge in [0.05, 0.1) is 11.4 Å². The highest BCUT2D eigenvalue weighted by Gasteiger charge is 2.41. The smallest absolute Gasteiger partial charge is 0.253 e. The number of carbonyl (C=O) groups is 3. The standard InChI is InChI=1S/C28H32N4O3/c33-26(30-16-12-20-7-1-2-8-22(20)18-30)19-32-25-17-21(27(34)29-13-5-6-14-29)10-11-23(25)31-15-4-3-9-24(31)28(32)35/h1-2,7-8,10-11,17,24H,3-6,9,12-16,18-19H2/t24-/m1/s1. The lowest BCUT2D eigenvalue weighted by atomic mass is 9.95. The molecule has 35 heavy (non-hydrogen) atoms. The van der Waals surface area contributed by atoms with E-state index < -0.39 is 0 Å². The van der Waals surface area contributed by atoms with Crippen LogP contribution in [0.4, 0.5) is 11.4 Å². The molecule has 1 atom stereocenters. The normalized spacial score (nSPS) is 21.5. The van der Waals surface area contributed by atoms with Crippen molar-refractivity contribution in [2.45, 2.75) is 51.1 Å². The number of piperidine rings is 1. The van der Waals surface area contributed by atoms with E-state index in [1.165, 1.54) is 11.1 Å². The number of fused-ring (bicyclic) bond motifs is 4. The third kappa shape index (κ3) is 3.97. The molecule has 2 saturated heterocycles. The predicted octanol–water partition coefficient (Wildman–Crippen LogP) is 3.21. The second-order valence-corrected chi connectivity index (χ2v) is 10.2. The number of hydrogen-bond donors (Lipinski definition) is 0. The number of amides is 3. The van der Waals surface area contributed by atoms with Crippen LogP contribution >= 0.6 is 0 Å². The molecule has 4 aliphatic heterocycles. The monoisotopic (exact) mass is 472 g/mol. The third-order valence-corrected chi connectivity index (χ3v) is 8.05. The fraction of sp³-hybridized carbons (Fsp3) is 0.464. The highest BCUT2D eigenvalue weighted by Crippen LogP contribution is 2.40. The van der Waals surface area contributed by atoms with Crippen LogP contribution < -0.4 is 9.80 Å². The highest BCUT2D eigenvalue weighted by atomic mass is 16.2. The van der Waals surface area contributed by atoms with E-state index in [4.69, 9.17) is 0 Å². The van der Waals surface area contributed by atoms with Gasteiger partial charge >= 0.3 is 0 Å². The summed E-state index contributed by atoms with van der Waals surface area (Å²) in [6.07, 6.45) is 5.75. The Balaban J connectivity index is 1.30. The zero-order valence-corrected chi connectivity index (χ0v) is 20.1. The van der Waals surface area contributed by atoms with Crippen molar-refractivity contribution in [2.75, 3.05) is 42.5 Å². The van der Waals surface area contributed by atoms with Gasteiger partial charge in [-0.05, 0) is 67.9 Å². The van der Waals surface area contributed by atoms with Crippen LogP contribution in [0.15, 0.2) is 42.5 Å². The second-order valence-electron chi connectivity index (χ2n) is 10.2. The Morgan fingerprint density at radius 2 is 1.60 bits per heavy atom. The Bertz CT molecular complexity index is 1170. The van der Waals surface area contributed by atoms with Gasteiger partial charge in [-0.1, -0.05) is 24.3 Å². The number of anilines is 2. The first-order chi connectivity index (χ1) is 17.1. The first-order valence-electron chi connectivity index (χ1n) is 13.0. The van der Waals surface area contributed by atoms with Crippen molar-refractivity contribution in [2.24, 2.45) is 0 Å². The maximum atomic E-state index is 13.7. The van der Waals surface area contributed by atoms with Crippen LogP contribution in [0.25, 0.3) is 0 Å². The maximum absolute atomic E-state index is 13.7. The Kier molecular flexibility index (Phi) is 5.71. The SMILES string of the molecule is O=C(CN1C(=O)[C@H]2CCCCN2c2ccc(C(=O)N3CCCC3)cc21)N1CCc2ccccc2C1. The Morgan fingerprint density at radius 3 is 2.43 bits per heavy atom. The summed E-state index contributed by atoms with van der Waals surface area (Å²) in [6, 6.07) is 13.7. The molecular formula is C28H32N4O3. The lowest BCUT2D eigenvalue weighted by molar-refractivity contribution is -0.132. The van der Waals surface area contributed by atoms with E-state index in [9.17, 15) is 14.4 Å². The molecule has 0 unspecified atom stereocenters. The van der Waals surface area contributed by atoms with Crippen LogP contribution in [-0.2, 0) is 22.6 Å². The van der Waals surface area contributed by atoms with Crippen molar-refractivity contribution in [3.63, 3.8) is 0 Å². The van der Waals surface area contributed by atoms with E-state index in [-0.39, 0.29) is 30.3 Å². The summed E-state index contributed by atoms with van der Waals surface area (Å²) < 4.78 is 0. The zero-order valence-electron chi connectivity index (χ0n) is 20.1. The summed E-state index contributed by atoms with van der Waals surface area (Å²) in [5.41, 5.74) is 4.72. The predicted molar refractivity (Wildman–Crippen MR) is 134 cm³/mol. The minimum Gasteiger partial charge on any atom is -0.358 e. The van der Waals surface area contributed by atoms with Gasteiger partial charge in [0.15, 0.2) is 0 Å².